The van der Waals surface area contributed by atoms with Gasteiger partial charge in [-0.2, -0.15) is 0 Å². The number of nitrogens with zero attached hydrogens (tertiary/aromatic N) is 2. The number of hydrogen-bond acceptors (Lipinski definition) is 2. The molecule has 2 atom stereocenters. The van der Waals surface area contributed by atoms with Crippen molar-refractivity contribution in [1.29, 1.82) is 0 Å². The molecular formula is C14H14N2S. The first-order valence-electron chi connectivity index (χ1n) is 6.32. The van der Waals surface area contributed by atoms with Gasteiger partial charge in [-0.1, -0.05) is 42.9 Å². The Hall–Kier alpha value is -1.22. The summed E-state index contributed by atoms with van der Waals surface area (Å²) < 4.78 is 0. The molecule has 1 aromatic rings. The second kappa shape index (κ2) is 3.39. The Morgan fingerprint density at radius 3 is 3.06 bits per heavy atom. The average Bonchev–Trinajstić information content (AvgIpc) is 2.94. The Morgan fingerprint density at radius 1 is 1.24 bits per heavy atom. The minimum absolute atomic E-state index is 0.458. The van der Waals surface area contributed by atoms with Crippen molar-refractivity contribution in [2.75, 3.05) is 0 Å². The third-order valence-electron chi connectivity index (χ3n) is 4.19. The highest BCUT2D eigenvalue weighted by Crippen LogP contribution is 2.38. The fourth-order valence-electron chi connectivity index (χ4n) is 3.33. The third-order valence-corrected chi connectivity index (χ3v) is 4.72. The predicted octanol–water partition coefficient (Wildman–Crippen LogP) is 2.76. The smallest absolute Gasteiger partial charge is 0.136 e. The number of aliphatic imine (C=N–C) groups is 1. The van der Waals surface area contributed by atoms with Crippen molar-refractivity contribution in [3.05, 3.63) is 35.4 Å². The number of amidine groups is 1. The van der Waals surface area contributed by atoms with Crippen molar-refractivity contribution in [1.82, 2.24) is 4.90 Å². The molecule has 2 nitrogen and oxygen atoms in total. The number of thiocarbonyl (C=S) groups is 1. The maximum absolute atomic E-state index is 5.67. The molecule has 3 heteroatoms. The summed E-state index contributed by atoms with van der Waals surface area (Å²) in [4.78, 5) is 8.34. The molecule has 86 valence electrons. The predicted molar refractivity (Wildman–Crippen MR) is 72.2 cm³/mol. The van der Waals surface area contributed by atoms with Crippen LogP contribution >= 0.6 is 12.2 Å². The minimum Gasteiger partial charge on any atom is -0.316 e. The van der Waals surface area contributed by atoms with E-state index in [1.807, 2.05) is 0 Å². The maximum atomic E-state index is 5.67. The molecule has 4 rings (SSSR count). The van der Waals surface area contributed by atoms with Gasteiger partial charge in [0.1, 0.15) is 5.84 Å². The van der Waals surface area contributed by atoms with Gasteiger partial charge in [0.25, 0.3) is 0 Å². The molecule has 2 aliphatic heterocycles. The summed E-state index contributed by atoms with van der Waals surface area (Å²) in [6, 6.07) is 9.01. The molecule has 17 heavy (non-hydrogen) atoms. The number of hydrogen-bond donors (Lipinski definition) is 0. The molecule has 2 heterocycles. The van der Waals surface area contributed by atoms with Crippen LogP contribution in [0.2, 0.25) is 0 Å². The van der Waals surface area contributed by atoms with Crippen molar-refractivity contribution in [2.45, 2.75) is 31.8 Å². The standard InChI is InChI=1S/C14H14N2S/c17-14-11-6-3-7-12(11)15-13-10-5-2-1-4-9(10)8-16(13)14/h1-2,4-5,11-12H,3,6-8H2/t11-,12-/m0/s1. The first kappa shape index (κ1) is 9.77. The summed E-state index contributed by atoms with van der Waals surface area (Å²) in [5, 5.41) is 0. The lowest BCUT2D eigenvalue weighted by molar-refractivity contribution is 0.502. The lowest BCUT2D eigenvalue weighted by atomic mass is 10.0. The van der Waals surface area contributed by atoms with Gasteiger partial charge in [0.05, 0.1) is 17.6 Å². The van der Waals surface area contributed by atoms with Crippen molar-refractivity contribution in [3.63, 3.8) is 0 Å². The summed E-state index contributed by atoms with van der Waals surface area (Å²) in [6.45, 7) is 0.928. The molecule has 0 radical (unpaired) electrons. The molecule has 0 bridgehead atoms. The van der Waals surface area contributed by atoms with Crippen molar-refractivity contribution in [2.24, 2.45) is 10.9 Å². The highest BCUT2D eigenvalue weighted by Gasteiger charge is 2.41. The average molecular weight is 242 g/mol. The highest BCUT2D eigenvalue weighted by atomic mass is 32.1. The van der Waals surface area contributed by atoms with E-state index < -0.39 is 0 Å². The second-order valence-corrected chi connectivity index (χ2v) is 5.56. The molecule has 0 saturated heterocycles. The number of rotatable bonds is 0. The van der Waals surface area contributed by atoms with Gasteiger partial charge >= 0.3 is 0 Å². The van der Waals surface area contributed by atoms with Gasteiger partial charge in [0.2, 0.25) is 0 Å². The Labute approximate surface area is 106 Å². The summed E-state index contributed by atoms with van der Waals surface area (Å²) in [5.74, 6) is 1.66. The first-order valence-corrected chi connectivity index (χ1v) is 6.73. The van der Waals surface area contributed by atoms with Gasteiger partial charge in [-0.15, -0.1) is 0 Å². The molecule has 0 aromatic heterocycles. The fraction of sp³-hybridized carbons (Fsp3) is 0.429. The van der Waals surface area contributed by atoms with Crippen LogP contribution in [0.1, 0.15) is 30.4 Å². The van der Waals surface area contributed by atoms with Crippen LogP contribution in [0, 0.1) is 5.92 Å². The number of fused-ring (bicyclic) bond motifs is 4. The van der Waals surface area contributed by atoms with Crippen molar-refractivity contribution in [3.8, 4) is 0 Å². The molecule has 0 spiro atoms. The summed E-state index contributed by atoms with van der Waals surface area (Å²) in [5.41, 5.74) is 2.66. The highest BCUT2D eigenvalue weighted by molar-refractivity contribution is 7.80. The Bertz CT molecular complexity index is 535. The Kier molecular flexibility index (Phi) is 1.95. The largest absolute Gasteiger partial charge is 0.316 e. The van der Waals surface area contributed by atoms with Gasteiger partial charge in [-0.3, -0.25) is 4.99 Å². The second-order valence-electron chi connectivity index (χ2n) is 5.14. The Morgan fingerprint density at radius 2 is 2.12 bits per heavy atom. The monoisotopic (exact) mass is 242 g/mol. The molecule has 1 aliphatic carbocycles. The Balaban J connectivity index is 1.86. The molecule has 3 aliphatic rings. The van der Waals surface area contributed by atoms with Crippen LogP contribution in [0.15, 0.2) is 29.3 Å². The topological polar surface area (TPSA) is 15.6 Å². The summed E-state index contributed by atoms with van der Waals surface area (Å²) in [6.07, 6.45) is 3.72. The van der Waals surface area contributed by atoms with Gasteiger partial charge < -0.3 is 4.90 Å². The van der Waals surface area contributed by atoms with E-state index in [1.165, 1.54) is 30.4 Å². The van der Waals surface area contributed by atoms with Gasteiger partial charge in [0, 0.05) is 11.5 Å². The van der Waals surface area contributed by atoms with Crippen LogP contribution in [0.4, 0.5) is 0 Å². The van der Waals surface area contributed by atoms with E-state index in [2.05, 4.69) is 29.2 Å². The lowest BCUT2D eigenvalue weighted by Crippen LogP contribution is -2.42. The van der Waals surface area contributed by atoms with E-state index in [0.717, 1.165) is 17.4 Å². The molecule has 0 amide bonds. The fourth-order valence-corrected chi connectivity index (χ4v) is 3.75. The van der Waals surface area contributed by atoms with E-state index in [-0.39, 0.29) is 0 Å². The van der Waals surface area contributed by atoms with Gasteiger partial charge in [-0.05, 0) is 18.4 Å². The zero-order valence-corrected chi connectivity index (χ0v) is 10.4. The van der Waals surface area contributed by atoms with E-state index >= 15 is 0 Å². The quantitative estimate of drug-likeness (QED) is 0.650. The van der Waals surface area contributed by atoms with E-state index in [0.29, 0.717) is 12.0 Å². The van der Waals surface area contributed by atoms with Crippen molar-refractivity contribution < 1.29 is 0 Å². The van der Waals surface area contributed by atoms with Crippen LogP contribution in [0.25, 0.3) is 0 Å². The van der Waals surface area contributed by atoms with Crippen LogP contribution in [-0.4, -0.2) is 21.8 Å². The minimum atomic E-state index is 0.458. The van der Waals surface area contributed by atoms with Crippen LogP contribution in [0.3, 0.4) is 0 Å². The first-order chi connectivity index (χ1) is 8.34. The molecule has 0 N–H and O–H groups in total. The molecular weight excluding hydrogens is 228 g/mol. The summed E-state index contributed by atoms with van der Waals surface area (Å²) >= 11 is 5.67. The zero-order chi connectivity index (χ0) is 11.4. The van der Waals surface area contributed by atoms with E-state index in [9.17, 15) is 0 Å². The zero-order valence-electron chi connectivity index (χ0n) is 9.60. The van der Waals surface area contributed by atoms with Crippen molar-refractivity contribution >= 4 is 23.0 Å². The maximum Gasteiger partial charge on any atom is 0.136 e. The van der Waals surface area contributed by atoms with Crippen LogP contribution < -0.4 is 0 Å². The van der Waals surface area contributed by atoms with Gasteiger partial charge in [0.15, 0.2) is 0 Å². The lowest BCUT2D eigenvalue weighted by Gasteiger charge is -2.32. The number of benzene rings is 1. The third kappa shape index (κ3) is 1.26. The molecule has 1 saturated carbocycles. The van der Waals surface area contributed by atoms with E-state index in [1.54, 1.807) is 0 Å². The summed E-state index contributed by atoms with van der Waals surface area (Å²) in [7, 11) is 0. The van der Waals surface area contributed by atoms with Gasteiger partial charge in [-0.25, -0.2) is 0 Å². The molecule has 1 aromatic carbocycles. The normalized spacial score (nSPS) is 29.8. The van der Waals surface area contributed by atoms with E-state index in [4.69, 9.17) is 17.2 Å². The molecule has 1 fully saturated rings. The molecule has 0 unspecified atom stereocenters. The SMILES string of the molecule is S=C1[C@H]2CCC[C@@H]2N=C2c3ccccc3CN12. The van der Waals surface area contributed by atoms with Crippen LogP contribution in [-0.2, 0) is 6.54 Å². The van der Waals surface area contributed by atoms with Crippen LogP contribution in [0.5, 0.6) is 0 Å².